The molecule has 3 aliphatic rings. The molecule has 0 spiro atoms. The first kappa shape index (κ1) is 14.7. The maximum absolute atomic E-state index is 12.8. The monoisotopic (exact) mass is 316 g/mol. The molecular weight excluding hydrogens is 292 g/mol. The zero-order valence-corrected chi connectivity index (χ0v) is 13.4. The molecule has 6 nitrogen and oxygen atoms in total. The fraction of sp³-hybridized carbons (Fsp3) is 0.706. The van der Waals surface area contributed by atoms with Gasteiger partial charge in [0.2, 0.25) is 11.8 Å². The second kappa shape index (κ2) is 5.98. The molecule has 0 bridgehead atoms. The van der Waals surface area contributed by atoms with Crippen molar-refractivity contribution >= 4 is 11.8 Å². The van der Waals surface area contributed by atoms with Gasteiger partial charge in [-0.05, 0) is 37.7 Å². The van der Waals surface area contributed by atoms with Gasteiger partial charge in [-0.1, -0.05) is 0 Å². The van der Waals surface area contributed by atoms with Crippen molar-refractivity contribution in [3.05, 3.63) is 18.0 Å². The maximum Gasteiger partial charge on any atom is 0.228 e. The lowest BCUT2D eigenvalue weighted by atomic mass is 9.93. The number of nitrogens with one attached hydrogen (secondary N) is 1. The summed E-state index contributed by atoms with van der Waals surface area (Å²) in [6.07, 6.45) is 6.74. The van der Waals surface area contributed by atoms with E-state index in [1.54, 1.807) is 6.20 Å². The summed E-state index contributed by atoms with van der Waals surface area (Å²) >= 11 is 0. The fourth-order valence-corrected chi connectivity index (χ4v) is 3.91. The van der Waals surface area contributed by atoms with Crippen molar-refractivity contribution in [2.75, 3.05) is 26.2 Å². The van der Waals surface area contributed by atoms with Crippen LogP contribution in [0.1, 0.15) is 43.7 Å². The van der Waals surface area contributed by atoms with Crippen LogP contribution in [0.5, 0.6) is 0 Å². The Balaban J connectivity index is 1.37. The lowest BCUT2D eigenvalue weighted by molar-refractivity contribution is -0.137. The molecular formula is C17H24N4O2. The van der Waals surface area contributed by atoms with Gasteiger partial charge in [0.15, 0.2) is 0 Å². The summed E-state index contributed by atoms with van der Waals surface area (Å²) in [5.41, 5.74) is 1.11. The quantitative estimate of drug-likeness (QED) is 0.912. The Morgan fingerprint density at radius 1 is 1.30 bits per heavy atom. The molecule has 2 aliphatic heterocycles. The third-order valence-electron chi connectivity index (χ3n) is 5.43. The normalized spacial score (nSPS) is 28.4. The van der Waals surface area contributed by atoms with Crippen LogP contribution in [-0.4, -0.2) is 58.0 Å². The van der Waals surface area contributed by atoms with Crippen LogP contribution in [0.25, 0.3) is 0 Å². The molecule has 2 atom stereocenters. The molecule has 6 heteroatoms. The van der Waals surface area contributed by atoms with E-state index in [2.05, 4.69) is 10.2 Å². The van der Waals surface area contributed by atoms with Crippen LogP contribution in [0, 0.1) is 11.8 Å². The number of hydrogen-bond donors (Lipinski definition) is 1. The van der Waals surface area contributed by atoms with Crippen molar-refractivity contribution in [1.82, 2.24) is 20.0 Å². The zero-order valence-electron chi connectivity index (χ0n) is 13.4. The summed E-state index contributed by atoms with van der Waals surface area (Å²) in [6.45, 7) is 3.05. The van der Waals surface area contributed by atoms with Crippen molar-refractivity contribution in [1.29, 1.82) is 0 Å². The highest BCUT2D eigenvalue weighted by Crippen LogP contribution is 2.33. The number of aromatic amines is 1. The van der Waals surface area contributed by atoms with E-state index in [-0.39, 0.29) is 17.7 Å². The minimum absolute atomic E-state index is 0.137. The summed E-state index contributed by atoms with van der Waals surface area (Å²) in [6, 6.07) is 2.00. The molecule has 1 aliphatic carbocycles. The highest BCUT2D eigenvalue weighted by molar-refractivity contribution is 5.89. The topological polar surface area (TPSA) is 69.3 Å². The largest absolute Gasteiger partial charge is 0.342 e. The molecule has 3 fully saturated rings. The average molecular weight is 316 g/mol. The molecule has 2 saturated heterocycles. The molecule has 1 N–H and O–H groups in total. The number of carbonyl (C=O) groups excluding carboxylic acids is 2. The van der Waals surface area contributed by atoms with Gasteiger partial charge in [-0.15, -0.1) is 0 Å². The number of aromatic nitrogens is 2. The third kappa shape index (κ3) is 3.12. The molecule has 4 rings (SSSR count). The van der Waals surface area contributed by atoms with Crippen molar-refractivity contribution in [3.8, 4) is 0 Å². The van der Waals surface area contributed by atoms with Gasteiger partial charge in [0.05, 0.1) is 5.92 Å². The molecule has 3 heterocycles. The second-order valence-electron chi connectivity index (χ2n) is 7.28. The van der Waals surface area contributed by atoms with Gasteiger partial charge in [0.1, 0.15) is 0 Å². The van der Waals surface area contributed by atoms with Crippen LogP contribution in [0.2, 0.25) is 0 Å². The summed E-state index contributed by atoms with van der Waals surface area (Å²) in [5, 5.41) is 7.05. The van der Waals surface area contributed by atoms with Crippen molar-refractivity contribution in [2.24, 2.45) is 11.8 Å². The first-order chi connectivity index (χ1) is 11.2. The standard InChI is InChI=1S/C17H24N4O2/c22-16-8-14(11-21(16)9-12-3-4-12)17(23)20-7-1-2-13(10-20)15-5-6-18-19-15/h5-6,12-14H,1-4,7-11H2,(H,18,19). The third-order valence-corrected chi connectivity index (χ3v) is 5.43. The number of rotatable bonds is 4. The van der Waals surface area contributed by atoms with Crippen molar-refractivity contribution in [3.63, 3.8) is 0 Å². The van der Waals surface area contributed by atoms with E-state index < -0.39 is 0 Å². The van der Waals surface area contributed by atoms with E-state index in [4.69, 9.17) is 0 Å². The minimum atomic E-state index is -0.137. The first-order valence-electron chi connectivity index (χ1n) is 8.76. The van der Waals surface area contributed by atoms with Crippen molar-refractivity contribution in [2.45, 2.75) is 38.0 Å². The fourth-order valence-electron chi connectivity index (χ4n) is 3.91. The Morgan fingerprint density at radius 3 is 2.91 bits per heavy atom. The molecule has 1 aromatic rings. The number of likely N-dealkylation sites (tertiary alicyclic amines) is 2. The van der Waals surface area contributed by atoms with E-state index in [1.165, 1.54) is 12.8 Å². The average Bonchev–Trinajstić information content (AvgIpc) is 3.08. The Kier molecular flexibility index (Phi) is 3.83. The molecule has 0 radical (unpaired) electrons. The van der Waals surface area contributed by atoms with Crippen LogP contribution < -0.4 is 0 Å². The SMILES string of the molecule is O=C1CC(C(=O)N2CCCC(c3ccn[nH]3)C2)CN1CC1CC1. The predicted octanol–water partition coefficient (Wildman–Crippen LogP) is 1.37. The lowest BCUT2D eigenvalue weighted by Crippen LogP contribution is -2.43. The Labute approximate surface area is 136 Å². The number of carbonyl (C=O) groups is 2. The second-order valence-corrected chi connectivity index (χ2v) is 7.28. The van der Waals surface area contributed by atoms with Crippen LogP contribution >= 0.6 is 0 Å². The van der Waals surface area contributed by atoms with Gasteiger partial charge in [-0.3, -0.25) is 14.7 Å². The van der Waals surface area contributed by atoms with Crippen LogP contribution in [-0.2, 0) is 9.59 Å². The van der Waals surface area contributed by atoms with Crippen LogP contribution in [0.4, 0.5) is 0 Å². The molecule has 2 unspecified atom stereocenters. The molecule has 23 heavy (non-hydrogen) atoms. The highest BCUT2D eigenvalue weighted by atomic mass is 16.2. The lowest BCUT2D eigenvalue weighted by Gasteiger charge is -2.33. The van der Waals surface area contributed by atoms with E-state index in [0.29, 0.717) is 24.8 Å². The Hall–Kier alpha value is -1.85. The summed E-state index contributed by atoms with van der Waals surface area (Å²) < 4.78 is 0. The van der Waals surface area contributed by atoms with E-state index in [0.717, 1.165) is 38.2 Å². The van der Waals surface area contributed by atoms with E-state index in [1.807, 2.05) is 15.9 Å². The number of H-pyrrole nitrogens is 1. The van der Waals surface area contributed by atoms with Crippen LogP contribution in [0.15, 0.2) is 12.3 Å². The number of amides is 2. The molecule has 2 amide bonds. The molecule has 124 valence electrons. The number of nitrogens with zero attached hydrogens (tertiary/aromatic N) is 3. The van der Waals surface area contributed by atoms with Crippen LogP contribution in [0.3, 0.4) is 0 Å². The Bertz CT molecular complexity index is 581. The van der Waals surface area contributed by atoms with Gasteiger partial charge < -0.3 is 9.80 Å². The summed E-state index contributed by atoms with van der Waals surface area (Å²) in [5.74, 6) is 1.22. The van der Waals surface area contributed by atoms with E-state index in [9.17, 15) is 9.59 Å². The Morgan fingerprint density at radius 2 is 2.17 bits per heavy atom. The summed E-state index contributed by atoms with van der Waals surface area (Å²) in [4.78, 5) is 28.8. The highest BCUT2D eigenvalue weighted by Gasteiger charge is 2.39. The minimum Gasteiger partial charge on any atom is -0.342 e. The van der Waals surface area contributed by atoms with E-state index >= 15 is 0 Å². The van der Waals surface area contributed by atoms with Gasteiger partial charge in [0.25, 0.3) is 0 Å². The van der Waals surface area contributed by atoms with Crippen molar-refractivity contribution < 1.29 is 9.59 Å². The number of hydrogen-bond acceptors (Lipinski definition) is 3. The molecule has 0 aromatic carbocycles. The molecule has 1 aromatic heterocycles. The van der Waals surface area contributed by atoms with Gasteiger partial charge >= 0.3 is 0 Å². The van der Waals surface area contributed by atoms with Gasteiger partial charge in [0, 0.05) is 50.4 Å². The first-order valence-corrected chi connectivity index (χ1v) is 8.76. The summed E-state index contributed by atoms with van der Waals surface area (Å²) in [7, 11) is 0. The number of piperidine rings is 1. The van der Waals surface area contributed by atoms with Gasteiger partial charge in [-0.25, -0.2) is 0 Å². The predicted molar refractivity (Wildman–Crippen MR) is 84.6 cm³/mol. The smallest absolute Gasteiger partial charge is 0.228 e. The molecule has 1 saturated carbocycles. The van der Waals surface area contributed by atoms with Gasteiger partial charge in [-0.2, -0.15) is 5.10 Å². The maximum atomic E-state index is 12.8. The zero-order chi connectivity index (χ0) is 15.8.